The first-order valence-electron chi connectivity index (χ1n) is 6.35. The molecule has 0 saturated carbocycles. The molecule has 0 aromatic carbocycles. The molecule has 0 rings (SSSR count). The summed E-state index contributed by atoms with van der Waals surface area (Å²) < 4.78 is 0. The molecule has 0 amide bonds. The van der Waals surface area contributed by atoms with E-state index in [-0.39, 0.29) is 0 Å². The van der Waals surface area contributed by atoms with Crippen LogP contribution in [0.3, 0.4) is 0 Å². The zero-order valence-corrected chi connectivity index (χ0v) is 13.2. The highest BCUT2D eigenvalue weighted by Gasteiger charge is 2.31. The monoisotopic (exact) mass is 264 g/mol. The summed E-state index contributed by atoms with van der Waals surface area (Å²) in [6, 6.07) is 0. The second-order valence-electron chi connectivity index (χ2n) is 7.24. The van der Waals surface area contributed by atoms with Gasteiger partial charge in [0, 0.05) is 0 Å². The molecule has 112 valence electrons. The van der Waals surface area contributed by atoms with Crippen molar-refractivity contribution in [1.29, 1.82) is 0 Å². The molecule has 0 aliphatic rings. The lowest BCUT2D eigenvalue weighted by Crippen LogP contribution is -2.44. The zero-order valence-electron chi connectivity index (χ0n) is 13.2. The number of aliphatic hydroxyl groups is 4. The van der Waals surface area contributed by atoms with Crippen LogP contribution in [0.25, 0.3) is 0 Å². The van der Waals surface area contributed by atoms with E-state index >= 15 is 0 Å². The van der Waals surface area contributed by atoms with Crippen molar-refractivity contribution in [2.24, 2.45) is 0 Å². The average molecular weight is 264 g/mol. The lowest BCUT2D eigenvalue weighted by atomic mass is 9.90. The van der Waals surface area contributed by atoms with Gasteiger partial charge in [0.15, 0.2) is 0 Å². The Bertz CT molecular complexity index is 194. The van der Waals surface area contributed by atoms with Gasteiger partial charge in [0.2, 0.25) is 0 Å². The first-order valence-corrected chi connectivity index (χ1v) is 6.35. The van der Waals surface area contributed by atoms with E-state index in [0.717, 1.165) is 0 Å². The highest BCUT2D eigenvalue weighted by Crippen LogP contribution is 2.19. The van der Waals surface area contributed by atoms with E-state index in [9.17, 15) is 10.2 Å². The van der Waals surface area contributed by atoms with Crippen LogP contribution in [0.1, 0.15) is 68.2 Å². The molecule has 0 aromatic rings. The third kappa shape index (κ3) is 13.9. The van der Waals surface area contributed by atoms with E-state index in [1.54, 1.807) is 55.4 Å². The molecule has 0 unspecified atom stereocenters. The summed E-state index contributed by atoms with van der Waals surface area (Å²) in [5.41, 5.74) is -3.32. The Hall–Kier alpha value is -0.160. The van der Waals surface area contributed by atoms with Gasteiger partial charge in [-0.05, 0) is 68.2 Å². The molecular weight excluding hydrogens is 232 g/mol. The van der Waals surface area contributed by atoms with Crippen molar-refractivity contribution in [1.82, 2.24) is 0 Å². The lowest BCUT2D eigenvalue weighted by molar-refractivity contribution is -0.107. The van der Waals surface area contributed by atoms with Gasteiger partial charge >= 0.3 is 0 Å². The summed E-state index contributed by atoms with van der Waals surface area (Å²) in [6.07, 6.45) is 1.27. The van der Waals surface area contributed by atoms with Crippen molar-refractivity contribution in [3.05, 3.63) is 0 Å². The Morgan fingerprint density at radius 2 is 0.667 bits per heavy atom. The van der Waals surface area contributed by atoms with Crippen molar-refractivity contribution in [3.8, 4) is 0 Å². The van der Waals surface area contributed by atoms with Crippen LogP contribution >= 0.6 is 0 Å². The van der Waals surface area contributed by atoms with Crippen LogP contribution in [0, 0.1) is 0 Å². The Morgan fingerprint density at radius 3 is 0.722 bits per heavy atom. The number of hydrogen-bond acceptors (Lipinski definition) is 4. The minimum absolute atomic E-state index is 0.635. The van der Waals surface area contributed by atoms with E-state index < -0.39 is 22.4 Å². The van der Waals surface area contributed by atoms with Crippen molar-refractivity contribution in [3.63, 3.8) is 0 Å². The van der Waals surface area contributed by atoms with Gasteiger partial charge in [-0.15, -0.1) is 0 Å². The largest absolute Gasteiger partial charge is 0.390 e. The fourth-order valence-corrected chi connectivity index (χ4v) is 0.612. The molecule has 18 heavy (non-hydrogen) atoms. The Kier molecular flexibility index (Phi) is 7.09. The molecule has 0 fully saturated rings. The summed E-state index contributed by atoms with van der Waals surface area (Å²) in [6.45, 7) is 13.3. The van der Waals surface area contributed by atoms with E-state index in [4.69, 9.17) is 10.2 Å². The van der Waals surface area contributed by atoms with Crippen LogP contribution in [0.15, 0.2) is 0 Å². The maximum Gasteiger partial charge on any atom is 0.0872 e. The fraction of sp³-hybridized carbons (Fsp3) is 1.00. The molecule has 0 spiro atoms. The SMILES string of the molecule is CC(C)(O)C(C)(C)O.CC(C)(O)CCC(C)(C)O. The first kappa shape index (κ1) is 20.2. The van der Waals surface area contributed by atoms with E-state index in [2.05, 4.69) is 0 Å². The fourth-order valence-electron chi connectivity index (χ4n) is 0.612. The topological polar surface area (TPSA) is 80.9 Å². The van der Waals surface area contributed by atoms with Gasteiger partial charge in [0.25, 0.3) is 0 Å². The molecule has 0 aliphatic heterocycles. The van der Waals surface area contributed by atoms with Crippen LogP contribution in [0.4, 0.5) is 0 Å². The molecule has 0 radical (unpaired) electrons. The van der Waals surface area contributed by atoms with Crippen molar-refractivity contribution in [2.45, 2.75) is 90.6 Å². The quantitative estimate of drug-likeness (QED) is 0.624. The zero-order chi connectivity index (χ0) is 15.4. The molecule has 0 saturated heterocycles. The van der Waals surface area contributed by atoms with Crippen LogP contribution in [0.5, 0.6) is 0 Å². The molecule has 0 atom stereocenters. The summed E-state index contributed by atoms with van der Waals surface area (Å²) in [5.74, 6) is 0. The van der Waals surface area contributed by atoms with E-state index in [0.29, 0.717) is 12.8 Å². The third-order valence-electron chi connectivity index (χ3n) is 2.85. The summed E-state index contributed by atoms with van der Waals surface area (Å²) in [4.78, 5) is 0. The third-order valence-corrected chi connectivity index (χ3v) is 2.85. The normalized spacial score (nSPS) is 14.0. The minimum Gasteiger partial charge on any atom is -0.390 e. The summed E-state index contributed by atoms with van der Waals surface area (Å²) in [7, 11) is 0. The number of rotatable bonds is 4. The maximum atomic E-state index is 9.27. The van der Waals surface area contributed by atoms with Crippen LogP contribution in [-0.4, -0.2) is 42.8 Å². The van der Waals surface area contributed by atoms with Crippen LogP contribution in [0.2, 0.25) is 0 Å². The molecular formula is C14H32O4. The molecule has 0 bridgehead atoms. The summed E-state index contributed by atoms with van der Waals surface area (Å²) >= 11 is 0. The van der Waals surface area contributed by atoms with Crippen molar-refractivity contribution in [2.75, 3.05) is 0 Å². The maximum absolute atomic E-state index is 9.27. The highest BCUT2D eigenvalue weighted by molar-refractivity contribution is 4.84. The summed E-state index contributed by atoms with van der Waals surface area (Å²) in [5, 5.41) is 36.7. The molecule has 0 heterocycles. The van der Waals surface area contributed by atoms with Crippen molar-refractivity contribution >= 4 is 0 Å². The van der Waals surface area contributed by atoms with Gasteiger partial charge in [-0.2, -0.15) is 0 Å². The Morgan fingerprint density at radius 1 is 0.500 bits per heavy atom. The average Bonchev–Trinajstić information content (AvgIpc) is 1.95. The van der Waals surface area contributed by atoms with Gasteiger partial charge in [-0.25, -0.2) is 0 Å². The number of hydrogen-bond donors (Lipinski definition) is 4. The smallest absolute Gasteiger partial charge is 0.0872 e. The molecule has 4 heteroatoms. The first-order chi connectivity index (χ1) is 7.46. The molecule has 0 aromatic heterocycles. The van der Waals surface area contributed by atoms with Gasteiger partial charge in [0.05, 0.1) is 22.4 Å². The van der Waals surface area contributed by atoms with Gasteiger partial charge in [-0.1, -0.05) is 0 Å². The molecule has 4 N–H and O–H groups in total. The lowest BCUT2D eigenvalue weighted by Gasteiger charge is -2.31. The van der Waals surface area contributed by atoms with Crippen LogP contribution < -0.4 is 0 Å². The van der Waals surface area contributed by atoms with E-state index in [1.165, 1.54) is 0 Å². The molecule has 4 nitrogen and oxygen atoms in total. The molecule has 0 aliphatic carbocycles. The van der Waals surface area contributed by atoms with Crippen molar-refractivity contribution < 1.29 is 20.4 Å². The van der Waals surface area contributed by atoms with Crippen LogP contribution in [-0.2, 0) is 0 Å². The second-order valence-corrected chi connectivity index (χ2v) is 7.24. The van der Waals surface area contributed by atoms with Gasteiger partial charge in [-0.3, -0.25) is 0 Å². The minimum atomic E-state index is -1.01. The highest BCUT2D eigenvalue weighted by atomic mass is 16.3. The predicted molar refractivity (Wildman–Crippen MR) is 74.4 cm³/mol. The Balaban J connectivity index is 0. The van der Waals surface area contributed by atoms with Gasteiger partial charge in [0.1, 0.15) is 0 Å². The standard InChI is InChI=1S/C8H18O2.C6H14O2/c1-7(2,9)5-6-8(3,4)10;1-5(2,7)6(3,4)8/h9-10H,5-6H2,1-4H3;7-8H,1-4H3. The predicted octanol–water partition coefficient (Wildman–Crippen LogP) is 1.84. The Labute approximate surface area is 112 Å². The van der Waals surface area contributed by atoms with Gasteiger partial charge < -0.3 is 20.4 Å². The second kappa shape index (κ2) is 6.33. The van der Waals surface area contributed by atoms with E-state index in [1.807, 2.05) is 0 Å².